The Morgan fingerprint density at radius 2 is 2.16 bits per heavy atom. The van der Waals surface area contributed by atoms with Crippen molar-refractivity contribution < 1.29 is 4.39 Å². The van der Waals surface area contributed by atoms with E-state index in [1.807, 2.05) is 13.0 Å². The summed E-state index contributed by atoms with van der Waals surface area (Å²) in [6, 6.07) is 7.18. The molecule has 0 aliphatic carbocycles. The van der Waals surface area contributed by atoms with Gasteiger partial charge in [-0.25, -0.2) is 4.39 Å². The minimum atomic E-state index is -0.180. The maximum absolute atomic E-state index is 13.3. The van der Waals surface area contributed by atoms with Crippen molar-refractivity contribution in [3.8, 4) is 0 Å². The van der Waals surface area contributed by atoms with Crippen LogP contribution in [0.25, 0.3) is 0 Å². The molecule has 1 unspecified atom stereocenters. The maximum Gasteiger partial charge on any atom is 0.123 e. The molecule has 1 N–H and O–H groups in total. The van der Waals surface area contributed by atoms with Crippen molar-refractivity contribution in [2.24, 2.45) is 0 Å². The van der Waals surface area contributed by atoms with E-state index in [-0.39, 0.29) is 11.9 Å². The second-order valence-electron chi connectivity index (χ2n) is 4.52. The van der Waals surface area contributed by atoms with Crippen molar-refractivity contribution in [1.82, 2.24) is 5.32 Å². The van der Waals surface area contributed by atoms with Crippen molar-refractivity contribution >= 4 is 27.3 Å². The Bertz CT molecular complexity index is 553. The number of aryl methyl sites for hydroxylation is 1. The SMILES string of the molecule is CCCNC(c1ccc(F)cc1C)c1sccc1Br. The van der Waals surface area contributed by atoms with Crippen molar-refractivity contribution in [3.05, 3.63) is 55.9 Å². The maximum atomic E-state index is 13.3. The Hall–Kier alpha value is -0.710. The predicted molar refractivity (Wildman–Crippen MR) is 83.3 cm³/mol. The third kappa shape index (κ3) is 3.44. The van der Waals surface area contributed by atoms with Crippen molar-refractivity contribution in [2.75, 3.05) is 6.54 Å². The second-order valence-corrected chi connectivity index (χ2v) is 6.32. The zero-order valence-electron chi connectivity index (χ0n) is 11.0. The Balaban J connectivity index is 2.40. The largest absolute Gasteiger partial charge is 0.306 e. The summed E-state index contributed by atoms with van der Waals surface area (Å²) in [6.07, 6.45) is 1.07. The highest BCUT2D eigenvalue weighted by Crippen LogP contribution is 2.34. The van der Waals surface area contributed by atoms with Crippen LogP contribution in [0.4, 0.5) is 4.39 Å². The third-order valence-electron chi connectivity index (χ3n) is 3.05. The van der Waals surface area contributed by atoms with Gasteiger partial charge in [-0.3, -0.25) is 0 Å². The van der Waals surface area contributed by atoms with Crippen LogP contribution in [0.15, 0.2) is 34.1 Å². The first-order chi connectivity index (χ1) is 9.13. The molecule has 0 fully saturated rings. The summed E-state index contributed by atoms with van der Waals surface area (Å²) < 4.78 is 14.4. The zero-order chi connectivity index (χ0) is 13.8. The molecular weight excluding hydrogens is 325 g/mol. The van der Waals surface area contributed by atoms with E-state index in [0.29, 0.717) is 0 Å². The van der Waals surface area contributed by atoms with Crippen LogP contribution in [0.2, 0.25) is 0 Å². The predicted octanol–water partition coefficient (Wildman–Crippen LogP) is 5.05. The summed E-state index contributed by atoms with van der Waals surface area (Å²) in [6.45, 7) is 5.04. The Morgan fingerprint density at radius 3 is 2.74 bits per heavy atom. The molecule has 4 heteroatoms. The zero-order valence-corrected chi connectivity index (χ0v) is 13.4. The molecule has 0 spiro atoms. The molecule has 0 aliphatic heterocycles. The highest BCUT2D eigenvalue weighted by molar-refractivity contribution is 9.10. The van der Waals surface area contributed by atoms with E-state index in [2.05, 4.69) is 39.6 Å². The van der Waals surface area contributed by atoms with Gasteiger partial charge in [0.15, 0.2) is 0 Å². The number of rotatable bonds is 5. The van der Waals surface area contributed by atoms with Crippen LogP contribution >= 0.6 is 27.3 Å². The first-order valence-corrected chi connectivity index (χ1v) is 8.03. The first-order valence-electron chi connectivity index (χ1n) is 6.35. The quantitative estimate of drug-likeness (QED) is 0.802. The molecule has 1 atom stereocenters. The Kier molecular flexibility index (Phi) is 5.13. The van der Waals surface area contributed by atoms with E-state index in [0.717, 1.165) is 28.6 Å². The molecule has 1 heterocycles. The molecule has 1 aromatic heterocycles. The summed E-state index contributed by atoms with van der Waals surface area (Å²) in [7, 11) is 0. The fourth-order valence-corrected chi connectivity index (χ4v) is 3.80. The minimum Gasteiger partial charge on any atom is -0.306 e. The van der Waals surface area contributed by atoms with Gasteiger partial charge in [0.05, 0.1) is 6.04 Å². The molecule has 1 nitrogen and oxygen atoms in total. The second kappa shape index (κ2) is 6.64. The van der Waals surface area contributed by atoms with Gasteiger partial charge in [-0.05, 0) is 70.5 Å². The normalized spacial score (nSPS) is 12.6. The number of hydrogen-bond acceptors (Lipinski definition) is 2. The van der Waals surface area contributed by atoms with Crippen molar-refractivity contribution in [1.29, 1.82) is 0 Å². The molecular formula is C15H17BrFNS. The van der Waals surface area contributed by atoms with Crippen LogP contribution in [0.5, 0.6) is 0 Å². The number of nitrogens with one attached hydrogen (secondary N) is 1. The fourth-order valence-electron chi connectivity index (χ4n) is 2.11. The smallest absolute Gasteiger partial charge is 0.123 e. The van der Waals surface area contributed by atoms with Gasteiger partial charge in [0.1, 0.15) is 5.82 Å². The monoisotopic (exact) mass is 341 g/mol. The molecule has 1 aromatic carbocycles. The number of hydrogen-bond donors (Lipinski definition) is 1. The summed E-state index contributed by atoms with van der Waals surface area (Å²) >= 11 is 5.30. The van der Waals surface area contributed by atoms with E-state index < -0.39 is 0 Å². The van der Waals surface area contributed by atoms with Crippen LogP contribution in [0, 0.1) is 12.7 Å². The van der Waals surface area contributed by atoms with Gasteiger partial charge < -0.3 is 5.32 Å². The van der Waals surface area contributed by atoms with E-state index >= 15 is 0 Å². The molecule has 0 saturated carbocycles. The summed E-state index contributed by atoms with van der Waals surface area (Å²) in [5.74, 6) is -0.180. The molecule has 0 radical (unpaired) electrons. The summed E-state index contributed by atoms with van der Waals surface area (Å²) in [4.78, 5) is 1.24. The standard InChI is InChI=1S/C15H17BrFNS/c1-3-7-18-14(15-13(16)6-8-19-15)12-5-4-11(17)9-10(12)2/h4-6,8-9,14,18H,3,7H2,1-2H3. The van der Waals surface area contributed by atoms with Gasteiger partial charge in [-0.1, -0.05) is 13.0 Å². The van der Waals surface area contributed by atoms with Gasteiger partial charge in [0.2, 0.25) is 0 Å². The van der Waals surface area contributed by atoms with Gasteiger partial charge in [-0.15, -0.1) is 11.3 Å². The van der Waals surface area contributed by atoms with Gasteiger partial charge >= 0.3 is 0 Å². The topological polar surface area (TPSA) is 12.0 Å². The minimum absolute atomic E-state index is 0.120. The highest BCUT2D eigenvalue weighted by Gasteiger charge is 2.19. The third-order valence-corrected chi connectivity index (χ3v) is 4.98. The van der Waals surface area contributed by atoms with Crippen LogP contribution in [0.1, 0.15) is 35.4 Å². The lowest BCUT2D eigenvalue weighted by Crippen LogP contribution is -2.23. The van der Waals surface area contributed by atoms with Crippen LogP contribution in [-0.4, -0.2) is 6.54 Å². The van der Waals surface area contributed by atoms with Gasteiger partial charge in [0, 0.05) is 9.35 Å². The molecule has 102 valence electrons. The van der Waals surface area contributed by atoms with E-state index in [1.54, 1.807) is 17.4 Å². The van der Waals surface area contributed by atoms with Crippen LogP contribution in [0.3, 0.4) is 0 Å². The fraction of sp³-hybridized carbons (Fsp3) is 0.333. The first kappa shape index (κ1) is 14.7. The van der Waals surface area contributed by atoms with E-state index in [9.17, 15) is 4.39 Å². The lowest BCUT2D eigenvalue weighted by atomic mass is 9.99. The number of thiophene rings is 1. The average molecular weight is 342 g/mol. The van der Waals surface area contributed by atoms with Crippen molar-refractivity contribution in [3.63, 3.8) is 0 Å². The van der Waals surface area contributed by atoms with E-state index in [4.69, 9.17) is 0 Å². The summed E-state index contributed by atoms with van der Waals surface area (Å²) in [5, 5.41) is 5.62. The molecule has 0 aliphatic rings. The van der Waals surface area contributed by atoms with Gasteiger partial charge in [0.25, 0.3) is 0 Å². The van der Waals surface area contributed by atoms with E-state index in [1.165, 1.54) is 10.9 Å². The Morgan fingerprint density at radius 1 is 1.37 bits per heavy atom. The van der Waals surface area contributed by atoms with Crippen molar-refractivity contribution in [2.45, 2.75) is 26.3 Å². The van der Waals surface area contributed by atoms with Crippen LogP contribution < -0.4 is 5.32 Å². The lowest BCUT2D eigenvalue weighted by Gasteiger charge is -2.20. The number of halogens is 2. The molecule has 2 aromatic rings. The van der Waals surface area contributed by atoms with Gasteiger partial charge in [-0.2, -0.15) is 0 Å². The summed E-state index contributed by atoms with van der Waals surface area (Å²) in [5.41, 5.74) is 2.12. The molecule has 0 amide bonds. The molecule has 19 heavy (non-hydrogen) atoms. The van der Waals surface area contributed by atoms with Crippen LogP contribution in [-0.2, 0) is 0 Å². The Labute approximate surface area is 126 Å². The molecule has 2 rings (SSSR count). The molecule has 0 bridgehead atoms. The highest BCUT2D eigenvalue weighted by atomic mass is 79.9. The average Bonchev–Trinajstić information content (AvgIpc) is 2.78. The molecule has 0 saturated heterocycles. The lowest BCUT2D eigenvalue weighted by molar-refractivity contribution is 0.594. The number of benzene rings is 1.